The van der Waals surface area contributed by atoms with Crippen LogP contribution in [0.2, 0.25) is 0 Å². The summed E-state index contributed by atoms with van der Waals surface area (Å²) in [7, 11) is 0. The van der Waals surface area contributed by atoms with Crippen LogP contribution in [0.1, 0.15) is 38.5 Å². The fourth-order valence-corrected chi connectivity index (χ4v) is 1.70. The van der Waals surface area contributed by atoms with Gasteiger partial charge in [-0.25, -0.2) is 8.78 Å². The summed E-state index contributed by atoms with van der Waals surface area (Å²) in [5.74, 6) is -0.305. The van der Waals surface area contributed by atoms with E-state index in [1.807, 2.05) is 0 Å². The molecule has 70 valence electrons. The summed E-state index contributed by atoms with van der Waals surface area (Å²) in [6, 6.07) is 0. The highest BCUT2D eigenvalue weighted by Gasteiger charge is 2.23. The van der Waals surface area contributed by atoms with Crippen molar-refractivity contribution >= 4 is 5.78 Å². The monoisotopic (exact) mass is 176 g/mol. The fraction of sp³-hybridized carbons (Fsp3) is 0.889. The van der Waals surface area contributed by atoms with Crippen molar-refractivity contribution in [2.24, 2.45) is 5.92 Å². The van der Waals surface area contributed by atoms with Crippen LogP contribution in [0.3, 0.4) is 0 Å². The zero-order valence-corrected chi connectivity index (χ0v) is 7.06. The summed E-state index contributed by atoms with van der Waals surface area (Å²) in [5, 5.41) is 0. The van der Waals surface area contributed by atoms with Crippen LogP contribution in [-0.4, -0.2) is 12.2 Å². The predicted molar refractivity (Wildman–Crippen MR) is 42.2 cm³/mol. The maximum atomic E-state index is 12.0. The molecule has 0 saturated heterocycles. The third-order valence-electron chi connectivity index (χ3n) is 2.39. The van der Waals surface area contributed by atoms with Crippen molar-refractivity contribution in [3.05, 3.63) is 0 Å². The summed E-state index contributed by atoms with van der Waals surface area (Å²) in [6.07, 6.45) is 1.48. The third-order valence-corrected chi connectivity index (χ3v) is 2.39. The Morgan fingerprint density at radius 3 is 2.75 bits per heavy atom. The van der Waals surface area contributed by atoms with Crippen molar-refractivity contribution in [3.8, 4) is 0 Å². The van der Waals surface area contributed by atoms with Crippen molar-refractivity contribution in [1.82, 2.24) is 0 Å². The summed E-state index contributed by atoms with van der Waals surface area (Å²) in [4.78, 5) is 11.2. The molecule has 0 N–H and O–H groups in total. The molecule has 0 aromatic heterocycles. The number of carbonyl (C=O) groups is 1. The van der Waals surface area contributed by atoms with Gasteiger partial charge in [0.1, 0.15) is 5.78 Å². The smallest absolute Gasteiger partial charge is 0.239 e. The molecule has 0 radical (unpaired) electrons. The van der Waals surface area contributed by atoms with Gasteiger partial charge >= 0.3 is 0 Å². The number of ketones is 1. The van der Waals surface area contributed by atoms with Gasteiger partial charge in [0.2, 0.25) is 6.43 Å². The molecular weight excluding hydrogens is 162 g/mol. The Morgan fingerprint density at radius 2 is 2.08 bits per heavy atom. The lowest BCUT2D eigenvalue weighted by atomic mass is 9.96. The van der Waals surface area contributed by atoms with Crippen LogP contribution in [-0.2, 0) is 4.79 Å². The number of hydrogen-bond donors (Lipinski definition) is 0. The van der Waals surface area contributed by atoms with Crippen LogP contribution < -0.4 is 0 Å². The van der Waals surface area contributed by atoms with Gasteiger partial charge in [0.05, 0.1) is 0 Å². The topological polar surface area (TPSA) is 17.1 Å². The van der Waals surface area contributed by atoms with E-state index in [-0.39, 0.29) is 18.1 Å². The van der Waals surface area contributed by atoms with Gasteiger partial charge in [-0.15, -0.1) is 0 Å². The number of hydrogen-bond acceptors (Lipinski definition) is 1. The molecule has 1 unspecified atom stereocenters. The van der Waals surface area contributed by atoms with Gasteiger partial charge in [-0.1, -0.05) is 12.8 Å². The summed E-state index contributed by atoms with van der Waals surface area (Å²) >= 11 is 0. The van der Waals surface area contributed by atoms with E-state index in [4.69, 9.17) is 0 Å². The molecule has 1 atom stereocenters. The van der Waals surface area contributed by atoms with Crippen LogP contribution in [0, 0.1) is 5.92 Å². The number of halogens is 2. The first kappa shape index (κ1) is 9.62. The highest BCUT2D eigenvalue weighted by atomic mass is 19.3. The van der Waals surface area contributed by atoms with Gasteiger partial charge in [0, 0.05) is 18.8 Å². The first-order valence-corrected chi connectivity index (χ1v) is 4.51. The van der Waals surface area contributed by atoms with Crippen molar-refractivity contribution in [2.45, 2.75) is 45.0 Å². The Morgan fingerprint density at radius 1 is 1.33 bits per heavy atom. The van der Waals surface area contributed by atoms with E-state index < -0.39 is 6.43 Å². The fourth-order valence-electron chi connectivity index (χ4n) is 1.70. The highest BCUT2D eigenvalue weighted by Crippen LogP contribution is 2.24. The molecule has 1 aliphatic carbocycles. The molecule has 1 rings (SSSR count). The molecule has 0 aliphatic heterocycles. The number of carbonyl (C=O) groups excluding carboxylic acids is 1. The molecule has 1 saturated carbocycles. The van der Waals surface area contributed by atoms with Crippen LogP contribution in [0.15, 0.2) is 0 Å². The summed E-state index contributed by atoms with van der Waals surface area (Å²) in [5.41, 5.74) is 0. The van der Waals surface area contributed by atoms with E-state index in [9.17, 15) is 13.6 Å². The Balaban J connectivity index is 2.42. The lowest BCUT2D eigenvalue weighted by Crippen LogP contribution is -2.15. The van der Waals surface area contributed by atoms with Crippen molar-refractivity contribution in [2.75, 3.05) is 0 Å². The normalized spacial score (nSPS) is 25.9. The molecule has 3 heteroatoms. The molecule has 0 amide bonds. The standard InChI is InChI=1S/C9H14F2O/c10-9(11)6-7-4-2-1-3-5-8(7)12/h7,9H,1-6H2. The Labute approximate surface area is 71.1 Å². The lowest BCUT2D eigenvalue weighted by molar-refractivity contribution is -0.124. The van der Waals surface area contributed by atoms with Crippen molar-refractivity contribution in [3.63, 3.8) is 0 Å². The second kappa shape index (κ2) is 4.53. The third kappa shape index (κ3) is 2.88. The maximum Gasteiger partial charge on any atom is 0.239 e. The summed E-state index contributed by atoms with van der Waals surface area (Å²) in [6.45, 7) is 0. The van der Waals surface area contributed by atoms with Crippen LogP contribution >= 0.6 is 0 Å². The highest BCUT2D eigenvalue weighted by molar-refractivity contribution is 5.81. The zero-order chi connectivity index (χ0) is 8.97. The predicted octanol–water partition coefficient (Wildman–Crippen LogP) is 2.79. The minimum atomic E-state index is -2.32. The minimum Gasteiger partial charge on any atom is -0.299 e. The van der Waals surface area contributed by atoms with Crippen LogP contribution in [0.25, 0.3) is 0 Å². The number of Topliss-reactive ketones (excluding diaryl/α,β-unsaturated/α-hetero) is 1. The lowest BCUT2D eigenvalue weighted by Gasteiger charge is -2.10. The largest absolute Gasteiger partial charge is 0.299 e. The average Bonchev–Trinajstić information content (AvgIpc) is 2.16. The molecule has 1 aliphatic rings. The zero-order valence-electron chi connectivity index (χ0n) is 7.06. The molecular formula is C9H14F2O. The Hall–Kier alpha value is -0.470. The minimum absolute atomic E-state index is 0.0489. The first-order valence-electron chi connectivity index (χ1n) is 4.51. The second-order valence-electron chi connectivity index (χ2n) is 3.39. The van der Waals surface area contributed by atoms with Gasteiger partial charge in [-0.05, 0) is 12.8 Å². The van der Waals surface area contributed by atoms with Gasteiger partial charge in [-0.3, -0.25) is 4.79 Å². The average molecular weight is 176 g/mol. The molecule has 12 heavy (non-hydrogen) atoms. The number of rotatable bonds is 2. The SMILES string of the molecule is O=C1CCCCCC1CC(F)F. The van der Waals surface area contributed by atoms with Crippen molar-refractivity contribution in [1.29, 1.82) is 0 Å². The molecule has 0 heterocycles. The first-order chi connectivity index (χ1) is 5.70. The summed E-state index contributed by atoms with van der Waals surface area (Å²) < 4.78 is 23.9. The molecule has 0 aromatic rings. The Kier molecular flexibility index (Phi) is 3.63. The second-order valence-corrected chi connectivity index (χ2v) is 3.39. The van der Waals surface area contributed by atoms with Gasteiger partial charge in [-0.2, -0.15) is 0 Å². The van der Waals surface area contributed by atoms with Crippen LogP contribution in [0.4, 0.5) is 8.78 Å². The van der Waals surface area contributed by atoms with E-state index in [1.54, 1.807) is 0 Å². The van der Waals surface area contributed by atoms with Gasteiger partial charge in [0.15, 0.2) is 0 Å². The van der Waals surface area contributed by atoms with Crippen LogP contribution in [0.5, 0.6) is 0 Å². The number of alkyl halides is 2. The van der Waals surface area contributed by atoms with E-state index >= 15 is 0 Å². The van der Waals surface area contributed by atoms with Gasteiger partial charge < -0.3 is 0 Å². The van der Waals surface area contributed by atoms with E-state index in [0.29, 0.717) is 12.8 Å². The maximum absolute atomic E-state index is 12.0. The van der Waals surface area contributed by atoms with E-state index in [1.165, 1.54) is 0 Å². The quantitative estimate of drug-likeness (QED) is 0.591. The Bertz CT molecular complexity index is 157. The van der Waals surface area contributed by atoms with Crippen molar-refractivity contribution < 1.29 is 13.6 Å². The van der Waals surface area contributed by atoms with E-state index in [0.717, 1.165) is 19.3 Å². The molecule has 0 aromatic carbocycles. The molecule has 0 spiro atoms. The van der Waals surface area contributed by atoms with Gasteiger partial charge in [0.25, 0.3) is 0 Å². The molecule has 1 nitrogen and oxygen atoms in total. The van der Waals surface area contributed by atoms with E-state index in [2.05, 4.69) is 0 Å². The molecule has 0 bridgehead atoms. The molecule has 1 fully saturated rings.